The largest absolute Gasteiger partial charge is 0.494 e. The lowest BCUT2D eigenvalue weighted by molar-refractivity contribution is -0.111. The van der Waals surface area contributed by atoms with E-state index in [1.54, 1.807) is 36.2 Å². The van der Waals surface area contributed by atoms with E-state index in [4.69, 9.17) is 9.72 Å². The minimum absolute atomic E-state index is 0.248. The number of nitrogens with zero attached hydrogens (tertiary/aromatic N) is 6. The molecule has 2 N–H and O–H groups in total. The van der Waals surface area contributed by atoms with Gasteiger partial charge in [-0.25, -0.2) is 14.5 Å². The molecule has 1 saturated heterocycles. The molecule has 39 heavy (non-hydrogen) atoms. The first-order valence-corrected chi connectivity index (χ1v) is 12.7. The fourth-order valence-electron chi connectivity index (χ4n) is 4.73. The zero-order valence-corrected chi connectivity index (χ0v) is 22.3. The lowest BCUT2D eigenvalue weighted by Crippen LogP contribution is -2.31. The third-order valence-electron chi connectivity index (χ3n) is 6.80. The first-order valence-electron chi connectivity index (χ1n) is 12.7. The summed E-state index contributed by atoms with van der Waals surface area (Å²) in [6.07, 6.45) is 11.0. The van der Waals surface area contributed by atoms with E-state index in [1.165, 1.54) is 6.08 Å². The van der Waals surface area contributed by atoms with Gasteiger partial charge >= 0.3 is 0 Å². The van der Waals surface area contributed by atoms with Crippen molar-refractivity contribution in [1.29, 1.82) is 0 Å². The molecule has 1 amide bonds. The van der Waals surface area contributed by atoms with Crippen molar-refractivity contribution < 1.29 is 9.53 Å². The van der Waals surface area contributed by atoms with E-state index in [-0.39, 0.29) is 5.91 Å². The van der Waals surface area contributed by atoms with Crippen molar-refractivity contribution in [2.24, 2.45) is 0 Å². The number of amides is 1. The Bertz CT molecular complexity index is 1530. The van der Waals surface area contributed by atoms with Crippen LogP contribution < -0.4 is 20.3 Å². The van der Waals surface area contributed by atoms with Crippen LogP contribution in [0.1, 0.15) is 6.42 Å². The molecule has 10 heteroatoms. The summed E-state index contributed by atoms with van der Waals surface area (Å²) in [5.41, 5.74) is 4.76. The third kappa shape index (κ3) is 5.60. The molecule has 4 aromatic rings. The summed E-state index contributed by atoms with van der Waals surface area (Å²) in [7, 11) is 5.80. The maximum absolute atomic E-state index is 12.7. The van der Waals surface area contributed by atoms with Crippen molar-refractivity contribution in [2.45, 2.75) is 12.5 Å². The molecular weight excluding hydrogens is 492 g/mol. The standard InChI is InChI=1S/C29H32N8O2/c1-5-6-10-28(38)32-23-16-24(27(39-4)17-26(23)36-15-12-20(19-36)35(2)3)34-29-30-13-11-22(33-29)21-18-31-37-14-8-7-9-25(21)37/h5-11,13-14,16-18,20H,1,12,15,19H2,2-4H3,(H,32,38)(H,30,33,34)/b10-6+/t20-/m1/s1. The minimum atomic E-state index is -0.248. The van der Waals surface area contributed by atoms with Crippen LogP contribution in [0.3, 0.4) is 0 Å². The molecular formula is C29H32N8O2. The molecule has 10 nitrogen and oxygen atoms in total. The second-order valence-electron chi connectivity index (χ2n) is 9.49. The van der Waals surface area contributed by atoms with E-state index in [9.17, 15) is 4.79 Å². The Kier molecular flexibility index (Phi) is 7.55. The molecule has 0 radical (unpaired) electrons. The third-order valence-corrected chi connectivity index (χ3v) is 6.80. The Labute approximate surface area is 227 Å². The van der Waals surface area contributed by atoms with Gasteiger partial charge in [-0.15, -0.1) is 0 Å². The summed E-state index contributed by atoms with van der Waals surface area (Å²) in [5, 5.41) is 10.7. The summed E-state index contributed by atoms with van der Waals surface area (Å²) in [4.78, 5) is 26.3. The van der Waals surface area contributed by atoms with Gasteiger partial charge in [0, 0.05) is 49.2 Å². The quantitative estimate of drug-likeness (QED) is 0.246. The molecule has 0 bridgehead atoms. The number of hydrogen-bond acceptors (Lipinski definition) is 8. The second kappa shape index (κ2) is 11.4. The van der Waals surface area contributed by atoms with Crippen LogP contribution >= 0.6 is 0 Å². The van der Waals surface area contributed by atoms with E-state index >= 15 is 0 Å². The number of hydrogen-bond donors (Lipinski definition) is 2. The van der Waals surface area contributed by atoms with E-state index in [0.29, 0.717) is 29.1 Å². The van der Waals surface area contributed by atoms with Gasteiger partial charge in [-0.05, 0) is 44.8 Å². The monoisotopic (exact) mass is 524 g/mol. The highest BCUT2D eigenvalue weighted by Gasteiger charge is 2.27. The molecule has 1 aliphatic heterocycles. The van der Waals surface area contributed by atoms with Crippen molar-refractivity contribution in [2.75, 3.05) is 49.8 Å². The van der Waals surface area contributed by atoms with Gasteiger partial charge in [-0.3, -0.25) is 4.79 Å². The van der Waals surface area contributed by atoms with Crippen LogP contribution in [-0.2, 0) is 4.79 Å². The Balaban J connectivity index is 1.49. The maximum atomic E-state index is 12.7. The van der Waals surface area contributed by atoms with Crippen molar-refractivity contribution in [3.05, 3.63) is 79.8 Å². The molecule has 1 aliphatic rings. The highest BCUT2D eigenvalue weighted by atomic mass is 16.5. The van der Waals surface area contributed by atoms with Gasteiger partial charge in [0.25, 0.3) is 0 Å². The van der Waals surface area contributed by atoms with Crippen molar-refractivity contribution in [3.8, 4) is 17.0 Å². The first-order chi connectivity index (χ1) is 19.0. The van der Waals surface area contributed by atoms with Gasteiger partial charge in [0.05, 0.1) is 41.6 Å². The maximum Gasteiger partial charge on any atom is 0.248 e. The molecule has 0 unspecified atom stereocenters. The molecule has 0 aliphatic carbocycles. The molecule has 1 aromatic carbocycles. The first kappa shape index (κ1) is 25.9. The number of carbonyl (C=O) groups is 1. The van der Waals surface area contributed by atoms with Crippen molar-refractivity contribution in [3.63, 3.8) is 0 Å². The number of likely N-dealkylation sites (N-methyl/N-ethyl adjacent to an activating group) is 1. The van der Waals surface area contributed by atoms with Gasteiger partial charge in [0.2, 0.25) is 11.9 Å². The molecule has 5 rings (SSSR count). The molecule has 0 saturated carbocycles. The number of nitrogens with one attached hydrogen (secondary N) is 2. The van der Waals surface area contributed by atoms with Gasteiger partial charge < -0.3 is 25.2 Å². The van der Waals surface area contributed by atoms with Crippen LogP contribution in [0.15, 0.2) is 79.8 Å². The summed E-state index contributed by atoms with van der Waals surface area (Å²) < 4.78 is 7.58. The van der Waals surface area contributed by atoms with Crippen LogP contribution in [0.2, 0.25) is 0 Å². The van der Waals surface area contributed by atoms with E-state index in [1.807, 2.05) is 42.6 Å². The number of rotatable bonds is 9. The number of benzene rings is 1. The van der Waals surface area contributed by atoms with Crippen LogP contribution in [-0.4, -0.2) is 70.7 Å². The van der Waals surface area contributed by atoms with Crippen LogP contribution in [0, 0.1) is 0 Å². The molecule has 4 heterocycles. The number of pyridine rings is 1. The van der Waals surface area contributed by atoms with Gasteiger partial charge in [-0.1, -0.05) is 24.8 Å². The molecule has 3 aromatic heterocycles. The van der Waals surface area contributed by atoms with Gasteiger partial charge in [0.1, 0.15) is 5.75 Å². The minimum Gasteiger partial charge on any atom is -0.494 e. The molecule has 0 spiro atoms. The normalized spacial score (nSPS) is 15.3. The molecule has 1 fully saturated rings. The number of fused-ring (bicyclic) bond motifs is 1. The summed E-state index contributed by atoms with van der Waals surface area (Å²) in [6, 6.07) is 12.0. The number of carbonyl (C=O) groups excluding carboxylic acids is 1. The van der Waals surface area contributed by atoms with E-state index in [2.05, 4.69) is 51.2 Å². The van der Waals surface area contributed by atoms with E-state index in [0.717, 1.165) is 42.0 Å². The Morgan fingerprint density at radius 1 is 1.23 bits per heavy atom. The van der Waals surface area contributed by atoms with E-state index < -0.39 is 0 Å². The smallest absolute Gasteiger partial charge is 0.248 e. The zero-order chi connectivity index (χ0) is 27.4. The van der Waals surface area contributed by atoms with Crippen molar-refractivity contribution >= 4 is 34.4 Å². The molecule has 1 atom stereocenters. The summed E-state index contributed by atoms with van der Waals surface area (Å²) in [5.74, 6) is 0.761. The van der Waals surface area contributed by atoms with Crippen LogP contribution in [0.5, 0.6) is 5.75 Å². The number of aromatic nitrogens is 4. The number of ether oxygens (including phenoxy) is 1. The lowest BCUT2D eigenvalue weighted by atomic mass is 10.2. The van der Waals surface area contributed by atoms with Gasteiger partial charge in [-0.2, -0.15) is 5.10 Å². The Morgan fingerprint density at radius 2 is 2.10 bits per heavy atom. The predicted octanol–water partition coefficient (Wildman–Crippen LogP) is 4.36. The molecule has 200 valence electrons. The fourth-order valence-corrected chi connectivity index (χ4v) is 4.73. The topological polar surface area (TPSA) is 99.9 Å². The highest BCUT2D eigenvalue weighted by molar-refractivity contribution is 6.02. The number of allylic oxidation sites excluding steroid dienone is 2. The highest BCUT2D eigenvalue weighted by Crippen LogP contribution is 2.40. The Morgan fingerprint density at radius 3 is 2.87 bits per heavy atom. The van der Waals surface area contributed by atoms with Crippen LogP contribution in [0.4, 0.5) is 23.0 Å². The van der Waals surface area contributed by atoms with Crippen LogP contribution in [0.25, 0.3) is 16.8 Å². The lowest BCUT2D eigenvalue weighted by Gasteiger charge is -2.25. The second-order valence-corrected chi connectivity index (χ2v) is 9.49. The SMILES string of the molecule is C=C/C=C/C(=O)Nc1cc(Nc2nccc(-c3cnn4ccccc34)n2)c(OC)cc1N1CC[C@@H](N(C)C)C1. The average molecular weight is 525 g/mol. The average Bonchev–Trinajstić information content (AvgIpc) is 3.60. The number of anilines is 4. The fraction of sp³-hybridized carbons (Fsp3) is 0.241. The van der Waals surface area contributed by atoms with Gasteiger partial charge in [0.15, 0.2) is 0 Å². The summed E-state index contributed by atoms with van der Waals surface area (Å²) in [6.45, 7) is 5.36. The van der Waals surface area contributed by atoms with Crippen molar-refractivity contribution in [1.82, 2.24) is 24.5 Å². The summed E-state index contributed by atoms with van der Waals surface area (Å²) >= 11 is 0. The Hall–Kier alpha value is -4.70. The zero-order valence-electron chi connectivity index (χ0n) is 22.3. The number of methoxy groups -OCH3 is 1. The predicted molar refractivity (Wildman–Crippen MR) is 155 cm³/mol.